The normalized spacial score (nSPS) is 35.3. The number of carbonyl (C=O) groups excluding carboxylic acids is 2. The Balaban J connectivity index is 2.65. The fourth-order valence-electron chi connectivity index (χ4n) is 4.04. The lowest BCUT2D eigenvalue weighted by atomic mass is 9.60. The zero-order valence-corrected chi connectivity index (χ0v) is 11.7. The van der Waals surface area contributed by atoms with Gasteiger partial charge in [-0.1, -0.05) is 13.8 Å². The molecule has 0 amide bonds. The van der Waals surface area contributed by atoms with Crippen LogP contribution in [0.2, 0.25) is 0 Å². The van der Waals surface area contributed by atoms with Gasteiger partial charge in [-0.15, -0.1) is 0 Å². The minimum absolute atomic E-state index is 0.00968. The minimum atomic E-state index is -0.919. The Morgan fingerprint density at radius 3 is 2.58 bits per heavy atom. The Morgan fingerprint density at radius 2 is 2.05 bits per heavy atom. The maximum absolute atomic E-state index is 12.4. The average molecular weight is 264 g/mol. The molecule has 1 fully saturated rings. The van der Waals surface area contributed by atoms with Crippen molar-refractivity contribution in [1.82, 2.24) is 0 Å². The first-order chi connectivity index (χ1) is 8.86. The van der Waals surface area contributed by atoms with Gasteiger partial charge in [-0.2, -0.15) is 0 Å². The summed E-state index contributed by atoms with van der Waals surface area (Å²) in [6.07, 6.45) is 1.64. The van der Waals surface area contributed by atoms with Gasteiger partial charge >= 0.3 is 5.97 Å². The summed E-state index contributed by atoms with van der Waals surface area (Å²) in [5, 5.41) is 9.44. The predicted octanol–water partition coefficient (Wildman–Crippen LogP) is 2.37. The number of Topliss-reactive ketones (excluding diaryl/α,β-unsaturated/α-hetero) is 2. The molecule has 0 aromatic carbocycles. The molecule has 0 aromatic rings. The van der Waals surface area contributed by atoms with Crippen molar-refractivity contribution < 1.29 is 19.5 Å². The second kappa shape index (κ2) is 4.58. The SMILES string of the molecule is CCC1=C(C)C(=O)[C@H](C)C[C@]12C(=O)CC[C@@H]2C(=O)O. The fourth-order valence-corrected chi connectivity index (χ4v) is 4.04. The zero-order valence-electron chi connectivity index (χ0n) is 11.7. The highest BCUT2D eigenvalue weighted by Crippen LogP contribution is 2.54. The van der Waals surface area contributed by atoms with Crippen molar-refractivity contribution in [2.45, 2.75) is 46.5 Å². The molecule has 1 N–H and O–H groups in total. The lowest BCUT2D eigenvalue weighted by molar-refractivity contribution is -0.148. The van der Waals surface area contributed by atoms with E-state index in [-0.39, 0.29) is 17.5 Å². The van der Waals surface area contributed by atoms with Crippen LogP contribution in [0.3, 0.4) is 0 Å². The lowest BCUT2D eigenvalue weighted by Crippen LogP contribution is -2.45. The minimum Gasteiger partial charge on any atom is -0.481 e. The number of ketones is 2. The number of carbonyl (C=O) groups is 3. The first-order valence-electron chi connectivity index (χ1n) is 6.86. The standard InChI is InChI=1S/C15H20O4/c1-4-10-9(3)13(17)8(2)7-15(10)11(14(18)19)5-6-12(15)16/h8,11H,4-7H2,1-3H3,(H,18,19)/t8-,11-,15+/m1/s1. The maximum atomic E-state index is 12.4. The van der Waals surface area contributed by atoms with E-state index in [2.05, 4.69) is 0 Å². The summed E-state index contributed by atoms with van der Waals surface area (Å²) < 4.78 is 0. The summed E-state index contributed by atoms with van der Waals surface area (Å²) in [6, 6.07) is 0. The molecule has 2 aliphatic rings. The van der Waals surface area contributed by atoms with Crippen molar-refractivity contribution in [1.29, 1.82) is 0 Å². The van der Waals surface area contributed by atoms with E-state index >= 15 is 0 Å². The maximum Gasteiger partial charge on any atom is 0.307 e. The van der Waals surface area contributed by atoms with Crippen LogP contribution in [0.5, 0.6) is 0 Å². The molecule has 0 radical (unpaired) electrons. The van der Waals surface area contributed by atoms with E-state index in [4.69, 9.17) is 0 Å². The van der Waals surface area contributed by atoms with E-state index in [0.29, 0.717) is 31.3 Å². The number of hydrogen-bond acceptors (Lipinski definition) is 3. The molecule has 0 heterocycles. The van der Waals surface area contributed by atoms with Crippen LogP contribution in [-0.2, 0) is 14.4 Å². The topological polar surface area (TPSA) is 71.4 Å². The van der Waals surface area contributed by atoms with E-state index in [1.54, 1.807) is 13.8 Å². The van der Waals surface area contributed by atoms with Gasteiger partial charge in [-0.25, -0.2) is 0 Å². The van der Waals surface area contributed by atoms with Crippen LogP contribution in [0.4, 0.5) is 0 Å². The summed E-state index contributed by atoms with van der Waals surface area (Å²) in [7, 11) is 0. The summed E-state index contributed by atoms with van der Waals surface area (Å²) in [5.74, 6) is -1.77. The largest absolute Gasteiger partial charge is 0.481 e. The van der Waals surface area contributed by atoms with Crippen molar-refractivity contribution in [3.8, 4) is 0 Å². The molecular formula is C15H20O4. The molecule has 3 atom stereocenters. The smallest absolute Gasteiger partial charge is 0.307 e. The molecule has 4 heteroatoms. The molecule has 4 nitrogen and oxygen atoms in total. The van der Waals surface area contributed by atoms with E-state index in [0.717, 1.165) is 5.57 Å². The predicted molar refractivity (Wildman–Crippen MR) is 69.6 cm³/mol. The molecule has 1 saturated carbocycles. The quantitative estimate of drug-likeness (QED) is 0.831. The summed E-state index contributed by atoms with van der Waals surface area (Å²) in [4.78, 5) is 36.0. The molecule has 0 aromatic heterocycles. The second-order valence-corrected chi connectivity index (χ2v) is 5.75. The summed E-state index contributed by atoms with van der Waals surface area (Å²) in [6.45, 7) is 5.43. The third kappa shape index (κ3) is 1.77. The van der Waals surface area contributed by atoms with Crippen molar-refractivity contribution >= 4 is 17.5 Å². The Labute approximate surface area is 112 Å². The highest BCUT2D eigenvalue weighted by molar-refractivity contribution is 6.04. The number of allylic oxidation sites excluding steroid dienone is 2. The van der Waals surface area contributed by atoms with Crippen molar-refractivity contribution in [3.05, 3.63) is 11.1 Å². The molecule has 0 unspecified atom stereocenters. The van der Waals surface area contributed by atoms with E-state index < -0.39 is 17.3 Å². The number of rotatable bonds is 2. The fraction of sp³-hybridized carbons (Fsp3) is 0.667. The van der Waals surface area contributed by atoms with Crippen molar-refractivity contribution in [2.75, 3.05) is 0 Å². The molecule has 0 aliphatic heterocycles. The number of carboxylic acids is 1. The van der Waals surface area contributed by atoms with Crippen LogP contribution in [0.1, 0.15) is 46.5 Å². The molecule has 0 saturated heterocycles. The first-order valence-corrected chi connectivity index (χ1v) is 6.86. The third-order valence-electron chi connectivity index (χ3n) is 4.84. The van der Waals surface area contributed by atoms with Gasteiger partial charge in [0.1, 0.15) is 5.78 Å². The molecule has 2 rings (SSSR count). The van der Waals surface area contributed by atoms with Gasteiger partial charge in [-0.05, 0) is 37.3 Å². The highest BCUT2D eigenvalue weighted by Gasteiger charge is 2.58. The summed E-state index contributed by atoms with van der Waals surface area (Å²) >= 11 is 0. The number of aliphatic carboxylic acids is 1. The molecular weight excluding hydrogens is 244 g/mol. The molecule has 2 aliphatic carbocycles. The monoisotopic (exact) mass is 264 g/mol. The van der Waals surface area contributed by atoms with E-state index in [1.165, 1.54) is 0 Å². The molecule has 0 bridgehead atoms. The molecule has 1 spiro atoms. The second-order valence-electron chi connectivity index (χ2n) is 5.75. The Morgan fingerprint density at radius 1 is 1.42 bits per heavy atom. The van der Waals surface area contributed by atoms with Gasteiger partial charge in [0.2, 0.25) is 0 Å². The van der Waals surface area contributed by atoms with Crippen LogP contribution in [0, 0.1) is 17.3 Å². The van der Waals surface area contributed by atoms with Gasteiger partial charge in [0.15, 0.2) is 5.78 Å². The van der Waals surface area contributed by atoms with E-state index in [1.807, 2.05) is 6.92 Å². The van der Waals surface area contributed by atoms with Gasteiger partial charge in [0, 0.05) is 12.3 Å². The van der Waals surface area contributed by atoms with Crippen molar-refractivity contribution in [2.24, 2.45) is 17.3 Å². The highest BCUT2D eigenvalue weighted by atomic mass is 16.4. The molecule has 104 valence electrons. The number of hydrogen-bond donors (Lipinski definition) is 1. The third-order valence-corrected chi connectivity index (χ3v) is 4.84. The number of carboxylic acid groups (broad SMARTS) is 1. The lowest BCUT2D eigenvalue weighted by Gasteiger charge is -2.41. The van der Waals surface area contributed by atoms with Crippen LogP contribution in [0.25, 0.3) is 0 Å². The Hall–Kier alpha value is -1.45. The van der Waals surface area contributed by atoms with Crippen LogP contribution in [-0.4, -0.2) is 22.6 Å². The Kier molecular flexibility index (Phi) is 3.37. The Bertz CT molecular complexity index is 488. The van der Waals surface area contributed by atoms with Gasteiger partial charge in [0.25, 0.3) is 0 Å². The first kappa shape index (κ1) is 14.0. The summed E-state index contributed by atoms with van der Waals surface area (Å²) in [5.41, 5.74) is 0.464. The van der Waals surface area contributed by atoms with Gasteiger partial charge in [-0.3, -0.25) is 14.4 Å². The zero-order chi connectivity index (χ0) is 14.4. The average Bonchev–Trinajstić information content (AvgIpc) is 2.66. The van der Waals surface area contributed by atoms with Crippen LogP contribution >= 0.6 is 0 Å². The van der Waals surface area contributed by atoms with Gasteiger partial charge in [0.05, 0.1) is 11.3 Å². The van der Waals surface area contributed by atoms with E-state index in [9.17, 15) is 19.5 Å². The van der Waals surface area contributed by atoms with Crippen molar-refractivity contribution in [3.63, 3.8) is 0 Å². The van der Waals surface area contributed by atoms with Crippen LogP contribution < -0.4 is 0 Å². The van der Waals surface area contributed by atoms with Crippen LogP contribution in [0.15, 0.2) is 11.1 Å². The van der Waals surface area contributed by atoms with Gasteiger partial charge < -0.3 is 5.11 Å². The molecule has 19 heavy (non-hydrogen) atoms.